The molecule has 17 heavy (non-hydrogen) atoms. The van der Waals surface area contributed by atoms with Crippen molar-refractivity contribution in [1.29, 1.82) is 0 Å². The van der Waals surface area contributed by atoms with E-state index in [0.29, 0.717) is 5.67 Å². The molecule has 0 radical (unpaired) electrons. The molecule has 0 saturated carbocycles. The first-order chi connectivity index (χ1) is 7.61. The van der Waals surface area contributed by atoms with E-state index >= 15 is 0 Å². The molecule has 0 unspecified atom stereocenters. The Hall–Kier alpha value is -0.513. The van der Waals surface area contributed by atoms with E-state index in [1.165, 1.54) is 6.42 Å². The number of carbonyl (C=O) groups excluding carboxylic acids is 1. The Morgan fingerprint density at radius 3 is 2.29 bits per heavy atom. The van der Waals surface area contributed by atoms with E-state index in [1.807, 2.05) is 25.7 Å². The van der Waals surface area contributed by atoms with Crippen LogP contribution in [0, 0.1) is 0 Å². The third kappa shape index (κ3) is 4.34. The number of piperidine rings is 1. The molecule has 0 aliphatic carbocycles. The lowest BCUT2D eigenvalue weighted by Crippen LogP contribution is -2.56. The lowest BCUT2D eigenvalue weighted by molar-refractivity contribution is 0.0169. The number of nitrogens with zero attached hydrogens (tertiary/aromatic N) is 1. The number of ether oxygens (including phenoxy) is 1. The van der Waals surface area contributed by atoms with Crippen molar-refractivity contribution in [3.05, 3.63) is 0 Å². The van der Waals surface area contributed by atoms with Gasteiger partial charge in [-0.3, -0.25) is 0 Å². The maximum Gasteiger partial charge on any atom is 0.410 e. The van der Waals surface area contributed by atoms with Gasteiger partial charge in [0, 0.05) is 12.2 Å². The highest BCUT2D eigenvalue weighted by atomic mass is 28.3. The molecule has 1 saturated heterocycles. The highest BCUT2D eigenvalue weighted by Gasteiger charge is 2.38. The van der Waals surface area contributed by atoms with Crippen molar-refractivity contribution >= 4 is 14.2 Å². The highest BCUT2D eigenvalue weighted by molar-refractivity contribution is 6.77. The molecule has 1 amide bonds. The van der Waals surface area contributed by atoms with E-state index in [-0.39, 0.29) is 6.09 Å². The van der Waals surface area contributed by atoms with Crippen molar-refractivity contribution in [3.63, 3.8) is 0 Å². The van der Waals surface area contributed by atoms with E-state index < -0.39 is 13.7 Å². The molecular formula is C13H27NO2Si. The molecular weight excluding hydrogens is 230 g/mol. The van der Waals surface area contributed by atoms with Crippen LogP contribution in [-0.4, -0.2) is 36.9 Å². The van der Waals surface area contributed by atoms with Crippen LogP contribution in [0.15, 0.2) is 0 Å². The first-order valence-corrected chi connectivity index (χ1v) is 10.2. The van der Waals surface area contributed by atoms with Crippen LogP contribution in [0.25, 0.3) is 0 Å². The van der Waals surface area contributed by atoms with Crippen LogP contribution in [0.5, 0.6) is 0 Å². The summed E-state index contributed by atoms with van der Waals surface area (Å²) < 4.78 is 5.51. The molecule has 1 rings (SSSR count). The summed E-state index contributed by atoms with van der Waals surface area (Å²) in [4.78, 5) is 14.2. The zero-order chi connectivity index (χ0) is 13.3. The Bertz CT molecular complexity index is 278. The van der Waals surface area contributed by atoms with Crippen LogP contribution in [0.3, 0.4) is 0 Å². The van der Waals surface area contributed by atoms with Crippen molar-refractivity contribution in [2.24, 2.45) is 0 Å². The molecule has 4 heteroatoms. The summed E-state index contributed by atoms with van der Waals surface area (Å²) in [7, 11) is -1.33. The van der Waals surface area contributed by atoms with E-state index in [9.17, 15) is 4.79 Å². The van der Waals surface area contributed by atoms with E-state index in [0.717, 1.165) is 19.4 Å². The molecule has 3 nitrogen and oxygen atoms in total. The molecule has 0 spiro atoms. The second-order valence-corrected chi connectivity index (χ2v) is 12.4. The lowest BCUT2D eigenvalue weighted by Gasteiger charge is -2.42. The SMILES string of the molecule is CC(C)(C)OC(=O)N1CCCC[C@H]1[Si](C)(C)C. The van der Waals surface area contributed by atoms with Gasteiger partial charge < -0.3 is 9.64 Å². The second-order valence-electron chi connectivity index (χ2n) is 7.05. The van der Waals surface area contributed by atoms with Gasteiger partial charge in [-0.2, -0.15) is 0 Å². The largest absolute Gasteiger partial charge is 0.444 e. The number of rotatable bonds is 1. The Morgan fingerprint density at radius 2 is 1.82 bits per heavy atom. The van der Waals surface area contributed by atoms with Gasteiger partial charge in [0.1, 0.15) is 5.60 Å². The van der Waals surface area contributed by atoms with E-state index in [2.05, 4.69) is 19.6 Å². The minimum absolute atomic E-state index is 0.121. The van der Waals surface area contributed by atoms with Crippen LogP contribution in [-0.2, 0) is 4.74 Å². The molecule has 1 aliphatic rings. The summed E-state index contributed by atoms with van der Waals surface area (Å²) >= 11 is 0. The first kappa shape index (κ1) is 14.5. The van der Waals surface area contributed by atoms with Gasteiger partial charge in [0.2, 0.25) is 0 Å². The minimum atomic E-state index is -1.33. The van der Waals surface area contributed by atoms with Gasteiger partial charge in [0.15, 0.2) is 0 Å². The predicted octanol–water partition coefficient (Wildman–Crippen LogP) is 3.65. The molecule has 100 valence electrons. The number of likely N-dealkylation sites (tertiary alicyclic amines) is 1. The first-order valence-electron chi connectivity index (χ1n) is 6.61. The summed E-state index contributed by atoms with van der Waals surface area (Å²) in [6.45, 7) is 13.7. The average Bonchev–Trinajstić information content (AvgIpc) is 2.13. The minimum Gasteiger partial charge on any atom is -0.444 e. The van der Waals surface area contributed by atoms with E-state index in [4.69, 9.17) is 4.74 Å². The van der Waals surface area contributed by atoms with Crippen molar-refractivity contribution in [3.8, 4) is 0 Å². The Balaban J connectivity index is 2.75. The Morgan fingerprint density at radius 1 is 1.24 bits per heavy atom. The maximum absolute atomic E-state index is 12.2. The Labute approximate surface area is 107 Å². The standard InChI is InChI=1S/C13H27NO2Si/c1-13(2,3)16-12(15)14-10-8-7-9-11(14)17(4,5)6/h11H,7-10H2,1-6H3/t11-/m1/s1. The van der Waals surface area contributed by atoms with Crippen LogP contribution in [0.2, 0.25) is 19.6 Å². The molecule has 1 fully saturated rings. The summed E-state index contributed by atoms with van der Waals surface area (Å²) in [5.74, 6) is 0. The quantitative estimate of drug-likeness (QED) is 0.671. The fraction of sp³-hybridized carbons (Fsp3) is 0.923. The third-order valence-corrected chi connectivity index (χ3v) is 5.73. The second kappa shape index (κ2) is 5.00. The zero-order valence-electron chi connectivity index (χ0n) is 12.2. The topological polar surface area (TPSA) is 29.5 Å². The normalized spacial score (nSPS) is 22.5. The number of carbonyl (C=O) groups is 1. The van der Waals surface area contributed by atoms with Gasteiger partial charge in [-0.05, 0) is 40.0 Å². The van der Waals surface area contributed by atoms with Crippen LogP contribution >= 0.6 is 0 Å². The number of hydrogen-bond acceptors (Lipinski definition) is 2. The van der Waals surface area contributed by atoms with Crippen LogP contribution < -0.4 is 0 Å². The average molecular weight is 257 g/mol. The fourth-order valence-corrected chi connectivity index (χ4v) is 4.61. The summed E-state index contributed by atoms with van der Waals surface area (Å²) in [5.41, 5.74) is 0.0458. The fourth-order valence-electron chi connectivity index (χ4n) is 2.37. The van der Waals surface area contributed by atoms with Gasteiger partial charge in [-0.1, -0.05) is 19.6 Å². The smallest absolute Gasteiger partial charge is 0.410 e. The van der Waals surface area contributed by atoms with Gasteiger partial charge >= 0.3 is 6.09 Å². The van der Waals surface area contributed by atoms with Crippen LogP contribution in [0.4, 0.5) is 4.79 Å². The van der Waals surface area contributed by atoms with Gasteiger partial charge in [0.05, 0.1) is 8.07 Å². The Kier molecular flexibility index (Phi) is 4.28. The van der Waals surface area contributed by atoms with Crippen molar-refractivity contribution in [2.75, 3.05) is 6.54 Å². The summed E-state index contributed by atoms with van der Waals surface area (Å²) in [5, 5.41) is 0. The van der Waals surface area contributed by atoms with Gasteiger partial charge in [0.25, 0.3) is 0 Å². The van der Waals surface area contributed by atoms with Crippen molar-refractivity contribution in [1.82, 2.24) is 4.90 Å². The van der Waals surface area contributed by atoms with Crippen LogP contribution in [0.1, 0.15) is 40.0 Å². The summed E-state index contributed by atoms with van der Waals surface area (Å²) in [6.07, 6.45) is 3.38. The molecule has 1 heterocycles. The molecule has 0 aromatic heterocycles. The van der Waals surface area contributed by atoms with Gasteiger partial charge in [-0.25, -0.2) is 4.79 Å². The molecule has 1 aliphatic heterocycles. The monoisotopic (exact) mass is 257 g/mol. The molecule has 0 bridgehead atoms. The number of hydrogen-bond donors (Lipinski definition) is 0. The van der Waals surface area contributed by atoms with E-state index in [1.54, 1.807) is 0 Å². The van der Waals surface area contributed by atoms with Gasteiger partial charge in [-0.15, -0.1) is 0 Å². The summed E-state index contributed by atoms with van der Waals surface area (Å²) in [6, 6.07) is 0. The molecule has 0 aromatic carbocycles. The highest BCUT2D eigenvalue weighted by Crippen LogP contribution is 2.26. The molecule has 1 atom stereocenters. The zero-order valence-corrected chi connectivity index (χ0v) is 13.2. The lowest BCUT2D eigenvalue weighted by atomic mass is 10.1. The van der Waals surface area contributed by atoms with Crippen molar-refractivity contribution in [2.45, 2.75) is 70.9 Å². The third-order valence-electron chi connectivity index (χ3n) is 3.13. The maximum atomic E-state index is 12.2. The molecule has 0 aromatic rings. The molecule has 0 N–H and O–H groups in total. The number of amides is 1. The van der Waals surface area contributed by atoms with Crippen molar-refractivity contribution < 1.29 is 9.53 Å². The predicted molar refractivity (Wildman–Crippen MR) is 73.9 cm³/mol.